The van der Waals surface area contributed by atoms with Crippen LogP contribution in [0.15, 0.2) is 0 Å². The zero-order chi connectivity index (χ0) is 9.35. The molecule has 3 nitrogen and oxygen atoms in total. The summed E-state index contributed by atoms with van der Waals surface area (Å²) in [5.74, 6) is 0.116. The Morgan fingerprint density at radius 1 is 1.50 bits per heavy atom. The van der Waals surface area contributed by atoms with Crippen molar-refractivity contribution in [3.8, 4) is 0 Å². The van der Waals surface area contributed by atoms with E-state index in [1.165, 1.54) is 0 Å². The van der Waals surface area contributed by atoms with E-state index in [0.717, 1.165) is 13.0 Å². The average Bonchev–Trinajstić information content (AvgIpc) is 2.16. The average molecular weight is 171 g/mol. The Hall–Kier alpha value is -0.570. The largest absolute Gasteiger partial charge is 0.363 e. The summed E-state index contributed by atoms with van der Waals surface area (Å²) in [5, 5.41) is 0. The molecule has 0 saturated carbocycles. The van der Waals surface area contributed by atoms with Crippen molar-refractivity contribution in [3.63, 3.8) is 0 Å². The van der Waals surface area contributed by atoms with Gasteiger partial charge in [0.25, 0.3) is 5.91 Å². The van der Waals surface area contributed by atoms with E-state index in [0.29, 0.717) is 0 Å². The van der Waals surface area contributed by atoms with Gasteiger partial charge < -0.3 is 9.64 Å². The van der Waals surface area contributed by atoms with Crippen LogP contribution in [0.1, 0.15) is 27.2 Å². The summed E-state index contributed by atoms with van der Waals surface area (Å²) in [6.45, 7) is 6.73. The monoisotopic (exact) mass is 171 g/mol. The van der Waals surface area contributed by atoms with E-state index >= 15 is 0 Å². The van der Waals surface area contributed by atoms with Crippen LogP contribution in [0.3, 0.4) is 0 Å². The molecule has 70 valence electrons. The molecule has 0 bridgehead atoms. The van der Waals surface area contributed by atoms with Gasteiger partial charge in [0.15, 0.2) is 0 Å². The third kappa shape index (κ3) is 2.21. The van der Waals surface area contributed by atoms with Crippen LogP contribution >= 0.6 is 0 Å². The van der Waals surface area contributed by atoms with Crippen molar-refractivity contribution < 1.29 is 9.53 Å². The van der Waals surface area contributed by atoms with Gasteiger partial charge in [0.2, 0.25) is 0 Å². The van der Waals surface area contributed by atoms with Crippen LogP contribution in [0.4, 0.5) is 0 Å². The molecule has 3 heteroatoms. The lowest BCUT2D eigenvalue weighted by atomic mass is 10.1. The van der Waals surface area contributed by atoms with Crippen molar-refractivity contribution in [2.24, 2.45) is 0 Å². The zero-order valence-electron chi connectivity index (χ0n) is 8.26. The van der Waals surface area contributed by atoms with Crippen LogP contribution in [0.2, 0.25) is 0 Å². The minimum absolute atomic E-state index is 0.116. The fraction of sp³-hybridized carbons (Fsp3) is 0.889. The molecule has 1 aliphatic heterocycles. The highest BCUT2D eigenvalue weighted by atomic mass is 16.5. The van der Waals surface area contributed by atoms with Gasteiger partial charge in [0.05, 0.1) is 5.60 Å². The lowest BCUT2D eigenvalue weighted by molar-refractivity contribution is -0.144. The molecule has 1 fully saturated rings. The number of nitrogens with zero attached hydrogens (tertiary/aromatic N) is 1. The van der Waals surface area contributed by atoms with Gasteiger partial charge in [0.1, 0.15) is 6.10 Å². The van der Waals surface area contributed by atoms with Crippen molar-refractivity contribution in [2.45, 2.75) is 38.9 Å². The Kier molecular flexibility index (Phi) is 2.42. The van der Waals surface area contributed by atoms with Gasteiger partial charge in [0, 0.05) is 20.0 Å². The van der Waals surface area contributed by atoms with Crippen molar-refractivity contribution in [1.82, 2.24) is 4.90 Å². The summed E-state index contributed by atoms with van der Waals surface area (Å²) in [5.41, 5.74) is -0.217. The van der Waals surface area contributed by atoms with Gasteiger partial charge in [-0.05, 0) is 20.8 Å². The van der Waals surface area contributed by atoms with Crippen LogP contribution in [-0.2, 0) is 9.53 Å². The molecule has 12 heavy (non-hydrogen) atoms. The van der Waals surface area contributed by atoms with Crippen LogP contribution in [0, 0.1) is 0 Å². The van der Waals surface area contributed by atoms with Crippen molar-refractivity contribution in [2.75, 3.05) is 13.6 Å². The highest BCUT2D eigenvalue weighted by Gasteiger charge is 2.32. The van der Waals surface area contributed by atoms with Crippen molar-refractivity contribution in [3.05, 3.63) is 0 Å². The first-order chi connectivity index (χ1) is 5.40. The second-order valence-corrected chi connectivity index (χ2v) is 4.27. The van der Waals surface area contributed by atoms with Crippen LogP contribution in [0.5, 0.6) is 0 Å². The van der Waals surface area contributed by atoms with E-state index < -0.39 is 0 Å². The second kappa shape index (κ2) is 3.05. The summed E-state index contributed by atoms with van der Waals surface area (Å²) in [6, 6.07) is 0. The number of likely N-dealkylation sites (tertiary alicyclic amines) is 1. The predicted molar refractivity (Wildman–Crippen MR) is 46.9 cm³/mol. The maximum absolute atomic E-state index is 11.4. The van der Waals surface area contributed by atoms with Crippen molar-refractivity contribution >= 4 is 5.91 Å². The fourth-order valence-corrected chi connectivity index (χ4v) is 1.33. The summed E-state index contributed by atoms with van der Waals surface area (Å²) >= 11 is 0. The van der Waals surface area contributed by atoms with Gasteiger partial charge in [-0.25, -0.2) is 0 Å². The maximum atomic E-state index is 11.4. The number of hydrogen-bond acceptors (Lipinski definition) is 2. The third-order valence-corrected chi connectivity index (χ3v) is 1.87. The van der Waals surface area contributed by atoms with Gasteiger partial charge >= 0.3 is 0 Å². The smallest absolute Gasteiger partial charge is 0.251 e. The number of amides is 1. The van der Waals surface area contributed by atoms with E-state index in [-0.39, 0.29) is 17.6 Å². The molecule has 0 spiro atoms. The molecule has 0 aromatic carbocycles. The van der Waals surface area contributed by atoms with Gasteiger partial charge in [-0.2, -0.15) is 0 Å². The van der Waals surface area contributed by atoms with E-state index in [9.17, 15) is 4.79 Å². The SMILES string of the molecule is CN1CC[C@H](OC(C)(C)C)C1=O. The molecule has 1 aliphatic rings. The molecule has 0 aromatic heterocycles. The molecular weight excluding hydrogens is 154 g/mol. The third-order valence-electron chi connectivity index (χ3n) is 1.87. The normalized spacial score (nSPS) is 25.2. The topological polar surface area (TPSA) is 29.5 Å². The van der Waals surface area contributed by atoms with Crippen LogP contribution in [0.25, 0.3) is 0 Å². The molecule has 0 N–H and O–H groups in total. The standard InChI is InChI=1S/C9H17NO2/c1-9(2,3)12-7-5-6-10(4)8(7)11/h7H,5-6H2,1-4H3/t7-/m0/s1. The molecule has 0 unspecified atom stereocenters. The van der Waals surface area contributed by atoms with E-state index in [4.69, 9.17) is 4.74 Å². The number of rotatable bonds is 1. The summed E-state index contributed by atoms with van der Waals surface area (Å²) in [4.78, 5) is 13.1. The molecule has 1 rings (SSSR count). The minimum Gasteiger partial charge on any atom is -0.363 e. The lowest BCUT2D eigenvalue weighted by Crippen LogP contribution is -2.33. The quantitative estimate of drug-likeness (QED) is 0.589. The number of carbonyl (C=O) groups excluding carboxylic acids is 1. The maximum Gasteiger partial charge on any atom is 0.251 e. The number of carbonyl (C=O) groups is 1. The lowest BCUT2D eigenvalue weighted by Gasteiger charge is -2.23. The molecule has 1 saturated heterocycles. The van der Waals surface area contributed by atoms with E-state index in [1.807, 2.05) is 27.8 Å². The van der Waals surface area contributed by atoms with Gasteiger partial charge in [-0.1, -0.05) is 0 Å². The van der Waals surface area contributed by atoms with E-state index in [1.54, 1.807) is 4.90 Å². The molecule has 0 aromatic rings. The number of ether oxygens (including phenoxy) is 1. The van der Waals surface area contributed by atoms with Crippen LogP contribution in [-0.4, -0.2) is 36.1 Å². The summed E-state index contributed by atoms with van der Waals surface area (Å²) in [7, 11) is 1.81. The Balaban J connectivity index is 2.50. The molecule has 1 heterocycles. The first-order valence-electron chi connectivity index (χ1n) is 4.33. The van der Waals surface area contributed by atoms with Crippen LogP contribution < -0.4 is 0 Å². The number of hydrogen-bond donors (Lipinski definition) is 0. The number of likely N-dealkylation sites (N-methyl/N-ethyl adjacent to an activating group) is 1. The summed E-state index contributed by atoms with van der Waals surface area (Å²) in [6.07, 6.45) is 0.613. The fourth-order valence-electron chi connectivity index (χ4n) is 1.33. The molecular formula is C9H17NO2. The highest BCUT2D eigenvalue weighted by Crippen LogP contribution is 2.19. The highest BCUT2D eigenvalue weighted by molar-refractivity contribution is 5.82. The Bertz CT molecular complexity index is 183. The van der Waals surface area contributed by atoms with Crippen molar-refractivity contribution in [1.29, 1.82) is 0 Å². The summed E-state index contributed by atoms with van der Waals surface area (Å²) < 4.78 is 5.59. The Morgan fingerprint density at radius 2 is 2.08 bits per heavy atom. The molecule has 0 aliphatic carbocycles. The zero-order valence-corrected chi connectivity index (χ0v) is 8.26. The first kappa shape index (κ1) is 9.52. The van der Waals surface area contributed by atoms with Gasteiger partial charge in [-0.15, -0.1) is 0 Å². The molecule has 0 radical (unpaired) electrons. The van der Waals surface area contributed by atoms with Gasteiger partial charge in [-0.3, -0.25) is 4.79 Å². The first-order valence-corrected chi connectivity index (χ1v) is 4.33. The predicted octanol–water partition coefficient (Wildman–Crippen LogP) is 1.03. The molecule has 1 atom stereocenters. The Morgan fingerprint density at radius 3 is 2.42 bits per heavy atom. The second-order valence-electron chi connectivity index (χ2n) is 4.27. The van der Waals surface area contributed by atoms with E-state index in [2.05, 4.69) is 0 Å². The molecule has 1 amide bonds. The Labute approximate surface area is 73.7 Å². The minimum atomic E-state index is -0.217.